The summed E-state index contributed by atoms with van der Waals surface area (Å²) in [6.45, 7) is 0. The highest BCUT2D eigenvalue weighted by Gasteiger charge is 1.96. The van der Waals surface area contributed by atoms with Crippen LogP contribution in [0.5, 0.6) is 5.75 Å². The molecule has 0 aliphatic carbocycles. The van der Waals surface area contributed by atoms with Crippen LogP contribution in [0.4, 0.5) is 11.4 Å². The third-order valence-electron chi connectivity index (χ3n) is 2.22. The number of thiocarbonyl (C=S) groups is 1. The number of hydrogen-bond donors (Lipinski definition) is 4. The summed E-state index contributed by atoms with van der Waals surface area (Å²) >= 11 is 5.13. The van der Waals surface area contributed by atoms with Gasteiger partial charge in [-0.05, 0) is 48.6 Å². The number of benzene rings is 2. The molecule has 0 saturated heterocycles. The van der Waals surface area contributed by atoms with Gasteiger partial charge in [-0.15, -0.1) is 0 Å². The zero-order valence-electron chi connectivity index (χ0n) is 9.55. The molecule has 0 aromatic heterocycles. The van der Waals surface area contributed by atoms with Crippen LogP contribution >= 0.6 is 12.2 Å². The summed E-state index contributed by atoms with van der Waals surface area (Å²) in [5.74, 6) is 0.227. The lowest BCUT2D eigenvalue weighted by molar-refractivity contribution is 0.475. The molecule has 0 fully saturated rings. The minimum atomic E-state index is 0.227. The Balaban J connectivity index is 1.83. The highest BCUT2D eigenvalue weighted by molar-refractivity contribution is 7.80. The van der Waals surface area contributed by atoms with Crippen molar-refractivity contribution >= 4 is 28.7 Å². The van der Waals surface area contributed by atoms with Gasteiger partial charge in [-0.25, -0.2) is 0 Å². The minimum Gasteiger partial charge on any atom is -0.508 e. The van der Waals surface area contributed by atoms with Crippen LogP contribution in [0.3, 0.4) is 0 Å². The zero-order valence-corrected chi connectivity index (χ0v) is 10.4. The normalized spacial score (nSPS) is 9.56. The van der Waals surface area contributed by atoms with E-state index in [2.05, 4.69) is 16.2 Å². The van der Waals surface area contributed by atoms with E-state index in [1.807, 2.05) is 30.3 Å². The molecule has 0 bridgehead atoms. The molecule has 0 aliphatic rings. The highest BCUT2D eigenvalue weighted by Crippen LogP contribution is 2.12. The van der Waals surface area contributed by atoms with E-state index in [0.29, 0.717) is 5.11 Å². The van der Waals surface area contributed by atoms with E-state index in [1.165, 1.54) is 0 Å². The Morgan fingerprint density at radius 2 is 1.56 bits per heavy atom. The second-order valence-corrected chi connectivity index (χ2v) is 4.03. The van der Waals surface area contributed by atoms with Crippen molar-refractivity contribution in [1.82, 2.24) is 5.43 Å². The van der Waals surface area contributed by atoms with E-state index in [9.17, 15) is 0 Å². The van der Waals surface area contributed by atoms with Crippen LogP contribution in [-0.2, 0) is 0 Å². The average molecular weight is 259 g/mol. The Kier molecular flexibility index (Phi) is 3.98. The Labute approximate surface area is 111 Å². The lowest BCUT2D eigenvalue weighted by Crippen LogP contribution is -2.33. The summed E-state index contributed by atoms with van der Waals surface area (Å²) < 4.78 is 0. The van der Waals surface area contributed by atoms with E-state index in [-0.39, 0.29) is 5.75 Å². The smallest absolute Gasteiger partial charge is 0.189 e. The molecular formula is C13H13N3OS. The minimum absolute atomic E-state index is 0.227. The third-order valence-corrected chi connectivity index (χ3v) is 2.42. The van der Waals surface area contributed by atoms with Crippen LogP contribution in [0.2, 0.25) is 0 Å². The Morgan fingerprint density at radius 1 is 0.889 bits per heavy atom. The second-order valence-electron chi connectivity index (χ2n) is 3.62. The highest BCUT2D eigenvalue weighted by atomic mass is 32.1. The topological polar surface area (TPSA) is 56.3 Å². The molecule has 5 heteroatoms. The van der Waals surface area contributed by atoms with Gasteiger partial charge in [-0.3, -0.25) is 10.9 Å². The largest absolute Gasteiger partial charge is 0.508 e. The molecule has 18 heavy (non-hydrogen) atoms. The fraction of sp³-hybridized carbons (Fsp3) is 0. The SMILES string of the molecule is Oc1ccc(NNC(=S)Nc2ccccc2)cc1. The monoisotopic (exact) mass is 259 g/mol. The molecular weight excluding hydrogens is 246 g/mol. The molecule has 0 saturated carbocycles. The molecule has 92 valence electrons. The number of hydrogen-bond acceptors (Lipinski definition) is 3. The number of phenols is 1. The van der Waals surface area contributed by atoms with Gasteiger partial charge < -0.3 is 10.4 Å². The number of aromatic hydroxyl groups is 1. The van der Waals surface area contributed by atoms with Crippen molar-refractivity contribution < 1.29 is 5.11 Å². The van der Waals surface area contributed by atoms with Crippen LogP contribution in [0.15, 0.2) is 54.6 Å². The molecule has 0 radical (unpaired) electrons. The molecule has 2 rings (SSSR count). The predicted octanol–water partition coefficient (Wildman–Crippen LogP) is 2.71. The summed E-state index contributed by atoms with van der Waals surface area (Å²) in [5.41, 5.74) is 7.51. The van der Waals surface area contributed by atoms with E-state index in [0.717, 1.165) is 11.4 Å². The molecule has 2 aromatic rings. The summed E-state index contributed by atoms with van der Waals surface area (Å²) in [7, 11) is 0. The molecule has 0 amide bonds. The molecule has 0 aliphatic heterocycles. The maximum Gasteiger partial charge on any atom is 0.189 e. The van der Waals surface area contributed by atoms with Gasteiger partial charge in [-0.1, -0.05) is 18.2 Å². The first kappa shape index (κ1) is 12.2. The quantitative estimate of drug-likeness (QED) is 0.388. The predicted molar refractivity (Wildman–Crippen MR) is 77.5 cm³/mol. The van der Waals surface area contributed by atoms with Crippen molar-refractivity contribution in [2.75, 3.05) is 10.7 Å². The standard InChI is InChI=1S/C13H13N3OS/c17-12-8-6-11(7-9-12)15-16-13(18)14-10-4-2-1-3-5-10/h1-9,15,17H,(H2,14,16,18). The van der Waals surface area contributed by atoms with Gasteiger partial charge in [-0.2, -0.15) is 0 Å². The van der Waals surface area contributed by atoms with Crippen molar-refractivity contribution in [2.45, 2.75) is 0 Å². The van der Waals surface area contributed by atoms with Gasteiger partial charge in [0, 0.05) is 5.69 Å². The van der Waals surface area contributed by atoms with Gasteiger partial charge in [0.05, 0.1) is 5.69 Å². The molecule has 4 N–H and O–H groups in total. The number of phenolic OH excluding ortho intramolecular Hbond substituents is 1. The van der Waals surface area contributed by atoms with Crippen molar-refractivity contribution in [2.24, 2.45) is 0 Å². The van der Waals surface area contributed by atoms with Gasteiger partial charge in [0.1, 0.15) is 5.75 Å². The average Bonchev–Trinajstić information content (AvgIpc) is 2.39. The van der Waals surface area contributed by atoms with E-state index >= 15 is 0 Å². The molecule has 0 spiro atoms. The summed E-state index contributed by atoms with van der Waals surface area (Å²) in [6.07, 6.45) is 0. The van der Waals surface area contributed by atoms with E-state index < -0.39 is 0 Å². The molecule has 2 aromatic carbocycles. The number of anilines is 2. The molecule has 4 nitrogen and oxygen atoms in total. The van der Waals surface area contributed by atoms with Crippen molar-refractivity contribution in [1.29, 1.82) is 0 Å². The van der Waals surface area contributed by atoms with Crippen LogP contribution < -0.4 is 16.2 Å². The summed E-state index contributed by atoms with van der Waals surface area (Å²) in [6, 6.07) is 16.3. The van der Waals surface area contributed by atoms with Crippen molar-refractivity contribution in [3.63, 3.8) is 0 Å². The maximum atomic E-state index is 9.14. The molecule has 0 heterocycles. The van der Waals surface area contributed by atoms with E-state index in [1.54, 1.807) is 24.3 Å². The number of rotatable bonds is 3. The summed E-state index contributed by atoms with van der Waals surface area (Å²) in [5, 5.41) is 12.6. The van der Waals surface area contributed by atoms with Crippen molar-refractivity contribution in [3.8, 4) is 5.75 Å². The Bertz CT molecular complexity index is 514. The van der Waals surface area contributed by atoms with Crippen LogP contribution in [-0.4, -0.2) is 10.2 Å². The maximum absolute atomic E-state index is 9.14. The first-order chi connectivity index (χ1) is 8.74. The summed E-state index contributed by atoms with van der Waals surface area (Å²) in [4.78, 5) is 0. The van der Waals surface area contributed by atoms with Crippen LogP contribution in [0.1, 0.15) is 0 Å². The van der Waals surface area contributed by atoms with Gasteiger partial charge in [0.25, 0.3) is 0 Å². The van der Waals surface area contributed by atoms with Crippen molar-refractivity contribution in [3.05, 3.63) is 54.6 Å². The number of nitrogens with one attached hydrogen (secondary N) is 3. The fourth-order valence-corrected chi connectivity index (χ4v) is 1.53. The van der Waals surface area contributed by atoms with Crippen LogP contribution in [0.25, 0.3) is 0 Å². The van der Waals surface area contributed by atoms with Crippen LogP contribution in [0, 0.1) is 0 Å². The Hall–Kier alpha value is -2.27. The van der Waals surface area contributed by atoms with Gasteiger partial charge in [0.2, 0.25) is 0 Å². The lowest BCUT2D eigenvalue weighted by Gasteiger charge is -2.12. The molecule has 0 unspecified atom stereocenters. The lowest BCUT2D eigenvalue weighted by atomic mass is 10.3. The Morgan fingerprint density at radius 3 is 2.22 bits per heavy atom. The number of hydrazine groups is 1. The van der Waals surface area contributed by atoms with E-state index in [4.69, 9.17) is 17.3 Å². The fourth-order valence-electron chi connectivity index (χ4n) is 1.36. The first-order valence-electron chi connectivity index (χ1n) is 5.41. The van der Waals surface area contributed by atoms with Gasteiger partial charge >= 0.3 is 0 Å². The third kappa shape index (κ3) is 3.64. The number of para-hydroxylation sites is 1. The molecule has 0 atom stereocenters. The first-order valence-corrected chi connectivity index (χ1v) is 5.82. The van der Waals surface area contributed by atoms with Gasteiger partial charge in [0.15, 0.2) is 5.11 Å². The second kappa shape index (κ2) is 5.88. The zero-order chi connectivity index (χ0) is 12.8.